The highest BCUT2D eigenvalue weighted by Crippen LogP contribution is 2.24. The highest BCUT2D eigenvalue weighted by Gasteiger charge is 2.24. The Kier molecular flexibility index (Phi) is 6.01. The lowest BCUT2D eigenvalue weighted by atomic mass is 10.0. The van der Waals surface area contributed by atoms with Gasteiger partial charge in [0.2, 0.25) is 5.91 Å². The Morgan fingerprint density at radius 3 is 2.56 bits per heavy atom. The lowest BCUT2D eigenvalue weighted by Crippen LogP contribution is -2.38. The molecule has 27 heavy (non-hydrogen) atoms. The van der Waals surface area contributed by atoms with E-state index in [0.29, 0.717) is 23.6 Å². The van der Waals surface area contributed by atoms with Crippen molar-refractivity contribution >= 4 is 5.91 Å². The number of nitrogens with zero attached hydrogens (tertiary/aromatic N) is 2. The van der Waals surface area contributed by atoms with Gasteiger partial charge < -0.3 is 10.3 Å². The van der Waals surface area contributed by atoms with E-state index in [1.807, 2.05) is 0 Å². The smallest absolute Gasteiger partial charge is 0.254 e. The number of halogens is 1. The van der Waals surface area contributed by atoms with Crippen LogP contribution in [0.5, 0.6) is 0 Å². The molecule has 1 aliphatic rings. The maximum atomic E-state index is 13.3. The molecule has 0 bridgehead atoms. The number of H-pyrrole nitrogens is 1. The van der Waals surface area contributed by atoms with Crippen LogP contribution < -0.4 is 10.9 Å². The molecule has 1 aromatic carbocycles. The molecule has 2 aromatic rings. The summed E-state index contributed by atoms with van der Waals surface area (Å²) < 4.78 is 13.3. The zero-order valence-electron chi connectivity index (χ0n) is 15.7. The van der Waals surface area contributed by atoms with Crippen molar-refractivity contribution in [2.24, 2.45) is 0 Å². The number of likely N-dealkylation sites (tertiary alicyclic amines) is 1. The van der Waals surface area contributed by atoms with Crippen molar-refractivity contribution in [3.05, 3.63) is 63.1 Å². The fourth-order valence-electron chi connectivity index (χ4n) is 3.59. The van der Waals surface area contributed by atoms with Crippen molar-refractivity contribution in [1.82, 2.24) is 20.2 Å². The van der Waals surface area contributed by atoms with Crippen molar-refractivity contribution in [3.8, 4) is 0 Å². The third-order valence-electron chi connectivity index (χ3n) is 5.01. The summed E-state index contributed by atoms with van der Waals surface area (Å²) in [5.74, 6) is 0.0390. The standard InChI is InChI=1S/C20H25FN4O2/c1-13-17(20(27)24-14(2)23-13)11-19(26)22-12-18(25-9-3-4-10-25)15-5-7-16(21)8-6-15/h5-8,18H,3-4,9-12H2,1-2H3,(H,22,26)(H,23,24,27)/t18-/m1/s1. The van der Waals surface area contributed by atoms with Gasteiger partial charge in [-0.15, -0.1) is 0 Å². The quantitative estimate of drug-likeness (QED) is 0.813. The van der Waals surface area contributed by atoms with Crippen LogP contribution in [0.25, 0.3) is 0 Å². The van der Waals surface area contributed by atoms with Gasteiger partial charge in [0, 0.05) is 17.8 Å². The highest BCUT2D eigenvalue weighted by molar-refractivity contribution is 5.78. The Morgan fingerprint density at radius 2 is 1.93 bits per heavy atom. The van der Waals surface area contributed by atoms with Crippen LogP contribution in [0, 0.1) is 19.7 Å². The van der Waals surface area contributed by atoms with E-state index in [1.165, 1.54) is 12.1 Å². The molecule has 6 nitrogen and oxygen atoms in total. The van der Waals surface area contributed by atoms with E-state index < -0.39 is 0 Å². The Morgan fingerprint density at radius 1 is 1.26 bits per heavy atom. The molecule has 3 rings (SSSR count). The fourth-order valence-corrected chi connectivity index (χ4v) is 3.59. The molecule has 1 aromatic heterocycles. The zero-order valence-corrected chi connectivity index (χ0v) is 15.7. The molecular weight excluding hydrogens is 347 g/mol. The number of rotatable bonds is 6. The predicted molar refractivity (Wildman–Crippen MR) is 101 cm³/mol. The second-order valence-electron chi connectivity index (χ2n) is 7.01. The summed E-state index contributed by atoms with van der Waals surface area (Å²) in [5.41, 5.74) is 1.66. The van der Waals surface area contributed by atoms with Gasteiger partial charge in [-0.05, 0) is 57.5 Å². The van der Waals surface area contributed by atoms with Crippen molar-refractivity contribution in [2.75, 3.05) is 19.6 Å². The third kappa shape index (κ3) is 4.80. The van der Waals surface area contributed by atoms with E-state index in [9.17, 15) is 14.0 Å². The molecule has 1 amide bonds. The van der Waals surface area contributed by atoms with E-state index in [0.717, 1.165) is 31.5 Å². The molecular formula is C20H25FN4O2. The number of benzene rings is 1. The SMILES string of the molecule is Cc1nc(C)c(CC(=O)NC[C@H](c2ccc(F)cc2)N2CCCC2)c(=O)[nH]1. The molecule has 1 saturated heterocycles. The van der Waals surface area contributed by atoms with Crippen molar-refractivity contribution in [1.29, 1.82) is 0 Å². The summed E-state index contributed by atoms with van der Waals surface area (Å²) >= 11 is 0. The Labute approximate surface area is 157 Å². The van der Waals surface area contributed by atoms with Crippen LogP contribution in [0.1, 0.15) is 41.5 Å². The molecule has 0 aliphatic carbocycles. The summed E-state index contributed by atoms with van der Waals surface area (Å²) in [7, 11) is 0. The average molecular weight is 372 g/mol. The van der Waals surface area contributed by atoms with E-state index in [4.69, 9.17) is 0 Å². The summed E-state index contributed by atoms with van der Waals surface area (Å²) in [4.78, 5) is 33.7. The first-order chi connectivity index (χ1) is 12.9. The van der Waals surface area contributed by atoms with Crippen LogP contribution in [-0.2, 0) is 11.2 Å². The number of aromatic amines is 1. The molecule has 0 saturated carbocycles. The van der Waals surface area contributed by atoms with Gasteiger partial charge in [-0.2, -0.15) is 0 Å². The minimum absolute atomic E-state index is 0.00688. The fraction of sp³-hybridized carbons (Fsp3) is 0.450. The average Bonchev–Trinajstić information content (AvgIpc) is 3.14. The summed E-state index contributed by atoms with van der Waals surface area (Å²) in [6, 6.07) is 6.42. The lowest BCUT2D eigenvalue weighted by molar-refractivity contribution is -0.120. The summed E-state index contributed by atoms with van der Waals surface area (Å²) in [6.45, 7) is 5.77. The van der Waals surface area contributed by atoms with Gasteiger partial charge in [0.1, 0.15) is 11.6 Å². The number of hydrogen-bond acceptors (Lipinski definition) is 4. The number of hydrogen-bond donors (Lipinski definition) is 2. The van der Waals surface area contributed by atoms with Gasteiger partial charge in [0.15, 0.2) is 0 Å². The van der Waals surface area contributed by atoms with Gasteiger partial charge >= 0.3 is 0 Å². The lowest BCUT2D eigenvalue weighted by Gasteiger charge is -2.28. The molecule has 1 atom stereocenters. The van der Waals surface area contributed by atoms with Crippen molar-refractivity contribution < 1.29 is 9.18 Å². The van der Waals surface area contributed by atoms with E-state index >= 15 is 0 Å². The molecule has 1 fully saturated rings. The Hall–Kier alpha value is -2.54. The number of nitrogens with one attached hydrogen (secondary N) is 2. The van der Waals surface area contributed by atoms with Gasteiger partial charge in [-0.3, -0.25) is 14.5 Å². The van der Waals surface area contributed by atoms with Crippen LogP contribution in [0.2, 0.25) is 0 Å². The Balaban J connectivity index is 1.69. The van der Waals surface area contributed by atoms with Gasteiger partial charge in [0.05, 0.1) is 12.5 Å². The van der Waals surface area contributed by atoms with Crippen LogP contribution in [0.4, 0.5) is 4.39 Å². The first-order valence-corrected chi connectivity index (χ1v) is 9.26. The number of amides is 1. The molecule has 0 spiro atoms. The maximum absolute atomic E-state index is 13.3. The molecule has 2 N–H and O–H groups in total. The molecule has 0 radical (unpaired) electrons. The largest absolute Gasteiger partial charge is 0.354 e. The monoisotopic (exact) mass is 372 g/mol. The van der Waals surface area contributed by atoms with E-state index in [-0.39, 0.29) is 29.7 Å². The minimum atomic E-state index is -0.274. The molecule has 7 heteroatoms. The van der Waals surface area contributed by atoms with Crippen LogP contribution in [0.15, 0.2) is 29.1 Å². The van der Waals surface area contributed by atoms with Crippen LogP contribution in [0.3, 0.4) is 0 Å². The first kappa shape index (κ1) is 19.2. The zero-order chi connectivity index (χ0) is 19.4. The molecule has 144 valence electrons. The van der Waals surface area contributed by atoms with Gasteiger partial charge in [-0.1, -0.05) is 12.1 Å². The van der Waals surface area contributed by atoms with Gasteiger partial charge in [-0.25, -0.2) is 9.37 Å². The van der Waals surface area contributed by atoms with Crippen molar-refractivity contribution in [3.63, 3.8) is 0 Å². The number of aromatic nitrogens is 2. The van der Waals surface area contributed by atoms with Gasteiger partial charge in [0.25, 0.3) is 5.56 Å². The molecule has 0 unspecified atom stereocenters. The minimum Gasteiger partial charge on any atom is -0.354 e. The van der Waals surface area contributed by atoms with E-state index in [2.05, 4.69) is 20.2 Å². The maximum Gasteiger partial charge on any atom is 0.254 e. The second kappa shape index (κ2) is 8.43. The number of carbonyl (C=O) groups excluding carboxylic acids is 1. The topological polar surface area (TPSA) is 78.1 Å². The molecule has 1 aliphatic heterocycles. The van der Waals surface area contributed by atoms with Crippen LogP contribution >= 0.6 is 0 Å². The van der Waals surface area contributed by atoms with E-state index in [1.54, 1.807) is 26.0 Å². The highest BCUT2D eigenvalue weighted by atomic mass is 19.1. The molecule has 2 heterocycles. The van der Waals surface area contributed by atoms with Crippen molar-refractivity contribution in [2.45, 2.75) is 39.2 Å². The number of aryl methyl sites for hydroxylation is 2. The number of carbonyl (C=O) groups is 1. The normalized spacial score (nSPS) is 15.7. The Bertz CT molecular complexity index is 857. The second-order valence-corrected chi connectivity index (χ2v) is 7.01. The summed E-state index contributed by atoms with van der Waals surface area (Å²) in [5, 5.41) is 2.94. The van der Waals surface area contributed by atoms with Crippen LogP contribution in [-0.4, -0.2) is 40.4 Å². The third-order valence-corrected chi connectivity index (χ3v) is 5.01. The summed E-state index contributed by atoms with van der Waals surface area (Å²) in [6.07, 6.45) is 2.23. The first-order valence-electron chi connectivity index (χ1n) is 9.26. The predicted octanol–water partition coefficient (Wildman–Crippen LogP) is 2.02.